The molecule has 1 heterocycles. The molecule has 0 spiro atoms. The van der Waals surface area contributed by atoms with E-state index in [0.29, 0.717) is 11.0 Å². The maximum absolute atomic E-state index is 5.89. The van der Waals surface area contributed by atoms with Gasteiger partial charge in [-0.2, -0.15) is 0 Å². The first-order valence-electron chi connectivity index (χ1n) is 4.88. The number of halogens is 1. The van der Waals surface area contributed by atoms with Crippen LogP contribution in [0.15, 0.2) is 6.07 Å². The van der Waals surface area contributed by atoms with Crippen LogP contribution in [0.2, 0.25) is 5.15 Å². The summed E-state index contributed by atoms with van der Waals surface area (Å²) in [5.74, 6) is 0.648. The van der Waals surface area contributed by atoms with Crippen molar-refractivity contribution in [2.75, 3.05) is 7.11 Å². The first kappa shape index (κ1) is 12.4. The Kier molecular flexibility index (Phi) is 3.68. The van der Waals surface area contributed by atoms with Crippen LogP contribution >= 0.6 is 11.6 Å². The van der Waals surface area contributed by atoms with Gasteiger partial charge in [0.15, 0.2) is 5.82 Å². The molecule has 0 saturated heterocycles. The summed E-state index contributed by atoms with van der Waals surface area (Å²) in [4.78, 5) is 8.55. The van der Waals surface area contributed by atoms with Crippen LogP contribution in [0.5, 0.6) is 0 Å². The van der Waals surface area contributed by atoms with Crippen molar-refractivity contribution < 1.29 is 4.74 Å². The average Bonchev–Trinajstić information content (AvgIpc) is 1.99. The Labute approximate surface area is 95.8 Å². The number of hydrogen-bond donors (Lipinski definition) is 0. The molecule has 0 aliphatic heterocycles. The number of methoxy groups -OCH3 is 1. The minimum atomic E-state index is -0.144. The van der Waals surface area contributed by atoms with Crippen LogP contribution < -0.4 is 0 Å². The van der Waals surface area contributed by atoms with E-state index in [-0.39, 0.29) is 11.5 Å². The van der Waals surface area contributed by atoms with Crippen LogP contribution in [-0.2, 0) is 4.74 Å². The topological polar surface area (TPSA) is 35.0 Å². The van der Waals surface area contributed by atoms with E-state index in [0.717, 1.165) is 5.69 Å². The van der Waals surface area contributed by atoms with E-state index in [9.17, 15) is 0 Å². The number of hydrogen-bond acceptors (Lipinski definition) is 3. The second-order valence-corrected chi connectivity index (χ2v) is 5.06. The minimum Gasteiger partial charge on any atom is -0.373 e. The highest BCUT2D eigenvalue weighted by Crippen LogP contribution is 2.33. The highest BCUT2D eigenvalue weighted by molar-refractivity contribution is 6.29. The van der Waals surface area contributed by atoms with Crippen molar-refractivity contribution in [1.82, 2.24) is 9.97 Å². The van der Waals surface area contributed by atoms with Crippen molar-refractivity contribution in [2.24, 2.45) is 5.41 Å². The molecule has 1 unspecified atom stereocenters. The number of nitrogens with zero attached hydrogens (tertiary/aromatic N) is 2. The van der Waals surface area contributed by atoms with Crippen molar-refractivity contribution in [1.29, 1.82) is 0 Å². The Morgan fingerprint density at radius 3 is 2.33 bits per heavy atom. The molecule has 1 aromatic rings. The fourth-order valence-electron chi connectivity index (χ4n) is 1.52. The fraction of sp³-hybridized carbons (Fsp3) is 0.636. The van der Waals surface area contributed by atoms with Gasteiger partial charge in [-0.15, -0.1) is 0 Å². The van der Waals surface area contributed by atoms with Crippen LogP contribution in [-0.4, -0.2) is 17.1 Å². The van der Waals surface area contributed by atoms with Crippen molar-refractivity contribution in [3.63, 3.8) is 0 Å². The predicted molar refractivity (Wildman–Crippen MR) is 61.0 cm³/mol. The highest BCUT2D eigenvalue weighted by Gasteiger charge is 2.28. The summed E-state index contributed by atoms with van der Waals surface area (Å²) in [6, 6.07) is 1.74. The zero-order valence-electron chi connectivity index (χ0n) is 9.84. The van der Waals surface area contributed by atoms with Gasteiger partial charge in [-0.1, -0.05) is 32.4 Å². The Morgan fingerprint density at radius 1 is 1.33 bits per heavy atom. The van der Waals surface area contributed by atoms with Gasteiger partial charge < -0.3 is 4.74 Å². The lowest BCUT2D eigenvalue weighted by atomic mass is 9.88. The van der Waals surface area contributed by atoms with E-state index in [1.54, 1.807) is 13.2 Å². The van der Waals surface area contributed by atoms with Crippen LogP contribution in [0, 0.1) is 12.3 Å². The number of rotatable bonds is 2. The Hall–Kier alpha value is -0.670. The molecule has 1 aromatic heterocycles. The van der Waals surface area contributed by atoms with E-state index >= 15 is 0 Å². The van der Waals surface area contributed by atoms with E-state index in [1.165, 1.54) is 0 Å². The summed E-state index contributed by atoms with van der Waals surface area (Å²) in [6.07, 6.45) is -0.144. The van der Waals surface area contributed by atoms with E-state index in [4.69, 9.17) is 16.3 Å². The lowest BCUT2D eigenvalue weighted by molar-refractivity contribution is 0.00856. The molecule has 3 nitrogen and oxygen atoms in total. The first-order chi connectivity index (χ1) is 6.84. The van der Waals surface area contributed by atoms with Gasteiger partial charge in [0, 0.05) is 12.8 Å². The molecule has 0 aliphatic carbocycles. The second kappa shape index (κ2) is 4.45. The van der Waals surface area contributed by atoms with Crippen LogP contribution in [0.4, 0.5) is 0 Å². The van der Waals surface area contributed by atoms with Gasteiger partial charge in [-0.3, -0.25) is 0 Å². The molecule has 0 amide bonds. The smallest absolute Gasteiger partial charge is 0.159 e. The van der Waals surface area contributed by atoms with Crippen LogP contribution in [0.1, 0.15) is 38.4 Å². The standard InChI is InChI=1S/C11H17ClN2O/c1-7-6-8(12)14-10(13-7)9(15-5)11(2,3)4/h6,9H,1-5H3. The largest absolute Gasteiger partial charge is 0.373 e. The van der Waals surface area contributed by atoms with Crippen molar-refractivity contribution in [3.05, 3.63) is 22.7 Å². The fourth-order valence-corrected chi connectivity index (χ4v) is 1.76. The van der Waals surface area contributed by atoms with Crippen LogP contribution in [0.25, 0.3) is 0 Å². The second-order valence-electron chi connectivity index (χ2n) is 4.67. The Bertz CT molecular complexity index is 327. The summed E-state index contributed by atoms with van der Waals surface area (Å²) < 4.78 is 5.43. The molecule has 0 bridgehead atoms. The molecule has 1 rings (SSSR count). The zero-order valence-corrected chi connectivity index (χ0v) is 10.6. The predicted octanol–water partition coefficient (Wildman–Crippen LogP) is 3.17. The SMILES string of the molecule is COC(c1nc(C)cc(Cl)n1)C(C)(C)C. The van der Waals surface area contributed by atoms with Gasteiger partial charge in [0.05, 0.1) is 0 Å². The molecule has 0 radical (unpaired) electrons. The quantitative estimate of drug-likeness (QED) is 0.730. The molecular weight excluding hydrogens is 212 g/mol. The summed E-state index contributed by atoms with van der Waals surface area (Å²) in [7, 11) is 1.66. The highest BCUT2D eigenvalue weighted by atomic mass is 35.5. The molecule has 15 heavy (non-hydrogen) atoms. The summed E-state index contributed by atoms with van der Waals surface area (Å²) in [5.41, 5.74) is 0.808. The summed E-state index contributed by atoms with van der Waals surface area (Å²) >= 11 is 5.89. The van der Waals surface area contributed by atoms with Gasteiger partial charge in [-0.05, 0) is 18.4 Å². The van der Waals surface area contributed by atoms with Crippen molar-refractivity contribution in [2.45, 2.75) is 33.8 Å². The van der Waals surface area contributed by atoms with E-state index in [2.05, 4.69) is 30.7 Å². The third kappa shape index (κ3) is 3.14. The normalized spacial score (nSPS) is 14.0. The van der Waals surface area contributed by atoms with Crippen LogP contribution in [0.3, 0.4) is 0 Å². The average molecular weight is 229 g/mol. The van der Waals surface area contributed by atoms with Gasteiger partial charge in [0.25, 0.3) is 0 Å². The maximum Gasteiger partial charge on any atom is 0.159 e. The van der Waals surface area contributed by atoms with Gasteiger partial charge >= 0.3 is 0 Å². The van der Waals surface area contributed by atoms with Crippen molar-refractivity contribution >= 4 is 11.6 Å². The summed E-state index contributed by atoms with van der Waals surface area (Å²) in [5, 5.41) is 0.462. The molecule has 0 N–H and O–H groups in total. The van der Waals surface area contributed by atoms with Gasteiger partial charge in [0.2, 0.25) is 0 Å². The monoisotopic (exact) mass is 228 g/mol. The van der Waals surface area contributed by atoms with Crippen molar-refractivity contribution in [3.8, 4) is 0 Å². The third-order valence-electron chi connectivity index (χ3n) is 2.10. The third-order valence-corrected chi connectivity index (χ3v) is 2.29. The maximum atomic E-state index is 5.89. The molecule has 84 valence electrons. The molecule has 0 aliphatic rings. The molecule has 4 heteroatoms. The summed E-state index contributed by atoms with van der Waals surface area (Å²) in [6.45, 7) is 8.15. The number of aromatic nitrogens is 2. The Balaban J connectivity index is 3.13. The van der Waals surface area contributed by atoms with Gasteiger partial charge in [0.1, 0.15) is 11.3 Å². The first-order valence-corrected chi connectivity index (χ1v) is 5.26. The molecule has 0 saturated carbocycles. The number of ether oxygens (including phenoxy) is 1. The molecule has 0 aromatic carbocycles. The number of aryl methyl sites for hydroxylation is 1. The minimum absolute atomic E-state index is 0.0497. The molecular formula is C11H17ClN2O. The lowest BCUT2D eigenvalue weighted by Crippen LogP contribution is -2.22. The van der Waals surface area contributed by atoms with Gasteiger partial charge in [-0.25, -0.2) is 9.97 Å². The van der Waals surface area contributed by atoms with E-state index in [1.807, 2.05) is 6.92 Å². The lowest BCUT2D eigenvalue weighted by Gasteiger charge is -2.28. The zero-order chi connectivity index (χ0) is 11.6. The molecule has 0 fully saturated rings. The Morgan fingerprint density at radius 2 is 1.93 bits per heavy atom. The van der Waals surface area contributed by atoms with E-state index < -0.39 is 0 Å². The molecule has 1 atom stereocenters.